The summed E-state index contributed by atoms with van der Waals surface area (Å²) in [5.41, 5.74) is 4.80. The smallest absolute Gasteiger partial charge is 0.384 e. The van der Waals surface area contributed by atoms with Gasteiger partial charge in [-0.2, -0.15) is 13.2 Å². The van der Waals surface area contributed by atoms with Gasteiger partial charge >= 0.3 is 6.18 Å². The van der Waals surface area contributed by atoms with Crippen LogP contribution in [-0.2, 0) is 6.18 Å². The van der Waals surface area contributed by atoms with E-state index in [1.165, 1.54) is 12.8 Å². The van der Waals surface area contributed by atoms with Crippen LogP contribution >= 0.6 is 0 Å². The number of nitrogens with two attached hydrogens (primary N) is 1. The molecule has 1 aromatic heterocycles. The van der Waals surface area contributed by atoms with Gasteiger partial charge in [-0.3, -0.25) is 0 Å². The van der Waals surface area contributed by atoms with Crippen molar-refractivity contribution in [3.63, 3.8) is 0 Å². The quantitative estimate of drug-likeness (QED) is 0.883. The Kier molecular flexibility index (Phi) is 3.60. The summed E-state index contributed by atoms with van der Waals surface area (Å²) in [5.74, 6) is 0.0781. The second-order valence-electron chi connectivity index (χ2n) is 5.54. The average molecular weight is 273 g/mol. The van der Waals surface area contributed by atoms with Gasteiger partial charge in [-0.25, -0.2) is 4.98 Å². The molecule has 19 heavy (non-hydrogen) atoms. The number of halogens is 3. The number of hydrogen-bond donors (Lipinski definition) is 2. The number of nitrogens with zero attached hydrogens (tertiary/aromatic N) is 1. The molecule has 0 aromatic carbocycles. The zero-order chi connectivity index (χ0) is 14.1. The van der Waals surface area contributed by atoms with E-state index in [1.54, 1.807) is 0 Å². The number of nitrogen functional groups attached to an aromatic ring is 1. The molecule has 0 bridgehead atoms. The van der Waals surface area contributed by atoms with Gasteiger partial charge in [0, 0.05) is 6.54 Å². The van der Waals surface area contributed by atoms with E-state index in [4.69, 9.17) is 5.73 Å². The van der Waals surface area contributed by atoms with Crippen molar-refractivity contribution < 1.29 is 13.2 Å². The summed E-state index contributed by atoms with van der Waals surface area (Å²) < 4.78 is 38.0. The Labute approximate surface area is 110 Å². The highest BCUT2D eigenvalue weighted by molar-refractivity contribution is 5.47. The Balaban J connectivity index is 2.10. The highest BCUT2D eigenvalue weighted by Crippen LogP contribution is 2.38. The number of anilines is 2. The molecule has 1 saturated carbocycles. The standard InChI is InChI=1S/C13H18F3N3/c1-12(4-2-3-5-12)8-18-11-7-9(13(14,15)16)6-10(17)19-11/h6-7H,2-5,8H2,1H3,(H3,17,18,19). The number of nitrogens with one attached hydrogen (secondary N) is 1. The summed E-state index contributed by atoms with van der Waals surface area (Å²) in [6.45, 7) is 2.77. The Hall–Kier alpha value is -1.46. The van der Waals surface area contributed by atoms with Gasteiger partial charge in [0.25, 0.3) is 0 Å². The second kappa shape index (κ2) is 4.90. The largest absolute Gasteiger partial charge is 0.416 e. The van der Waals surface area contributed by atoms with Crippen molar-refractivity contribution in [3.05, 3.63) is 17.7 Å². The van der Waals surface area contributed by atoms with Crippen LogP contribution in [-0.4, -0.2) is 11.5 Å². The van der Waals surface area contributed by atoms with E-state index in [0.29, 0.717) is 6.54 Å². The maximum atomic E-state index is 12.7. The molecule has 3 N–H and O–H groups in total. The van der Waals surface area contributed by atoms with Crippen molar-refractivity contribution in [1.29, 1.82) is 0 Å². The van der Waals surface area contributed by atoms with Crippen LogP contribution in [0.3, 0.4) is 0 Å². The van der Waals surface area contributed by atoms with E-state index in [0.717, 1.165) is 25.0 Å². The lowest BCUT2D eigenvalue weighted by Gasteiger charge is -2.24. The number of pyridine rings is 1. The molecule has 1 aliphatic carbocycles. The van der Waals surface area contributed by atoms with Gasteiger partial charge in [0.1, 0.15) is 11.6 Å². The highest BCUT2D eigenvalue weighted by Gasteiger charge is 2.32. The fraction of sp³-hybridized carbons (Fsp3) is 0.615. The second-order valence-corrected chi connectivity index (χ2v) is 5.54. The predicted molar refractivity (Wildman–Crippen MR) is 68.7 cm³/mol. The van der Waals surface area contributed by atoms with Crippen LogP contribution in [0, 0.1) is 5.41 Å². The molecular formula is C13H18F3N3. The molecule has 0 saturated heterocycles. The Morgan fingerprint density at radius 1 is 1.32 bits per heavy atom. The van der Waals surface area contributed by atoms with Crippen LogP contribution in [0.1, 0.15) is 38.2 Å². The number of hydrogen-bond acceptors (Lipinski definition) is 3. The minimum Gasteiger partial charge on any atom is -0.384 e. The lowest BCUT2D eigenvalue weighted by molar-refractivity contribution is -0.137. The molecule has 2 rings (SSSR count). The van der Waals surface area contributed by atoms with Crippen molar-refractivity contribution in [3.8, 4) is 0 Å². The lowest BCUT2D eigenvalue weighted by Crippen LogP contribution is -2.23. The van der Waals surface area contributed by atoms with Gasteiger partial charge in [0.2, 0.25) is 0 Å². The number of alkyl halides is 3. The van der Waals surface area contributed by atoms with Gasteiger partial charge in [0.05, 0.1) is 5.56 Å². The normalized spacial score (nSPS) is 18.5. The highest BCUT2D eigenvalue weighted by atomic mass is 19.4. The Morgan fingerprint density at radius 2 is 1.95 bits per heavy atom. The minimum absolute atomic E-state index is 0.117. The fourth-order valence-corrected chi connectivity index (χ4v) is 2.52. The average Bonchev–Trinajstić information content (AvgIpc) is 2.72. The molecule has 0 atom stereocenters. The molecule has 0 spiro atoms. The number of aromatic nitrogens is 1. The summed E-state index contributed by atoms with van der Waals surface area (Å²) >= 11 is 0. The third-order valence-electron chi connectivity index (χ3n) is 3.68. The van der Waals surface area contributed by atoms with Gasteiger partial charge in [-0.15, -0.1) is 0 Å². The lowest BCUT2D eigenvalue weighted by atomic mass is 9.89. The summed E-state index contributed by atoms with van der Waals surface area (Å²) in [5, 5.41) is 2.99. The molecule has 1 heterocycles. The summed E-state index contributed by atoms with van der Waals surface area (Å²) in [7, 11) is 0. The van der Waals surface area contributed by atoms with E-state index < -0.39 is 11.7 Å². The van der Waals surface area contributed by atoms with Crippen molar-refractivity contribution in [2.75, 3.05) is 17.6 Å². The molecule has 1 fully saturated rings. The molecule has 1 aromatic rings. The van der Waals surface area contributed by atoms with Crippen molar-refractivity contribution in [2.45, 2.75) is 38.8 Å². The van der Waals surface area contributed by atoms with Gasteiger partial charge < -0.3 is 11.1 Å². The van der Waals surface area contributed by atoms with Crippen LogP contribution in [0.5, 0.6) is 0 Å². The molecule has 0 radical (unpaired) electrons. The molecule has 3 nitrogen and oxygen atoms in total. The molecule has 0 unspecified atom stereocenters. The van der Waals surface area contributed by atoms with Crippen LogP contribution in [0.15, 0.2) is 12.1 Å². The van der Waals surface area contributed by atoms with E-state index in [-0.39, 0.29) is 17.1 Å². The molecule has 6 heteroatoms. The van der Waals surface area contributed by atoms with Gasteiger partial charge in [-0.1, -0.05) is 19.8 Å². The van der Waals surface area contributed by atoms with Crippen LogP contribution in [0.4, 0.5) is 24.8 Å². The van der Waals surface area contributed by atoms with E-state index >= 15 is 0 Å². The monoisotopic (exact) mass is 273 g/mol. The molecule has 0 aliphatic heterocycles. The van der Waals surface area contributed by atoms with Gasteiger partial charge in [-0.05, 0) is 30.4 Å². The zero-order valence-corrected chi connectivity index (χ0v) is 10.8. The molecule has 1 aliphatic rings. The SMILES string of the molecule is CC1(CNc2cc(C(F)(F)F)cc(N)n2)CCCC1. The molecular weight excluding hydrogens is 255 g/mol. The summed E-state index contributed by atoms with van der Waals surface area (Å²) in [6.07, 6.45) is 0.139. The maximum absolute atomic E-state index is 12.7. The summed E-state index contributed by atoms with van der Waals surface area (Å²) in [6, 6.07) is 1.86. The molecule has 106 valence electrons. The Bertz CT molecular complexity index is 451. The van der Waals surface area contributed by atoms with Crippen molar-refractivity contribution >= 4 is 11.6 Å². The van der Waals surface area contributed by atoms with Crippen molar-refractivity contribution in [2.24, 2.45) is 5.41 Å². The van der Waals surface area contributed by atoms with Crippen LogP contribution in [0.2, 0.25) is 0 Å². The van der Waals surface area contributed by atoms with E-state index in [9.17, 15) is 13.2 Å². The minimum atomic E-state index is -4.40. The maximum Gasteiger partial charge on any atom is 0.416 e. The van der Waals surface area contributed by atoms with Crippen molar-refractivity contribution in [1.82, 2.24) is 4.98 Å². The van der Waals surface area contributed by atoms with Crippen LogP contribution < -0.4 is 11.1 Å². The van der Waals surface area contributed by atoms with E-state index in [1.807, 2.05) is 0 Å². The topological polar surface area (TPSA) is 50.9 Å². The first-order valence-electron chi connectivity index (χ1n) is 6.37. The predicted octanol–water partition coefficient (Wildman–Crippen LogP) is 3.67. The molecule has 0 amide bonds. The zero-order valence-electron chi connectivity index (χ0n) is 10.8. The fourth-order valence-electron chi connectivity index (χ4n) is 2.52. The Morgan fingerprint density at radius 3 is 2.53 bits per heavy atom. The third-order valence-corrected chi connectivity index (χ3v) is 3.68. The summed E-state index contributed by atoms with van der Waals surface area (Å²) in [4.78, 5) is 3.91. The first kappa shape index (κ1) is 14.0. The third kappa shape index (κ3) is 3.52. The first-order valence-corrected chi connectivity index (χ1v) is 6.37. The van der Waals surface area contributed by atoms with Gasteiger partial charge in [0.15, 0.2) is 0 Å². The number of rotatable bonds is 3. The first-order chi connectivity index (χ1) is 8.78. The van der Waals surface area contributed by atoms with Crippen LogP contribution in [0.25, 0.3) is 0 Å². The van der Waals surface area contributed by atoms with E-state index in [2.05, 4.69) is 17.2 Å².